The molecular formula is C8H12INO2. The first-order chi connectivity index (χ1) is 5.77. The number of hydrogen-bond donors (Lipinski definition) is 2. The number of halogens is 1. The molecule has 0 aromatic rings. The summed E-state index contributed by atoms with van der Waals surface area (Å²) in [5, 5.41) is 10.5. The van der Waals surface area contributed by atoms with Crippen molar-refractivity contribution in [2.24, 2.45) is 0 Å². The van der Waals surface area contributed by atoms with Gasteiger partial charge in [-0.2, -0.15) is 0 Å². The van der Waals surface area contributed by atoms with Crippen molar-refractivity contribution in [3.05, 3.63) is 0 Å². The molecule has 4 heteroatoms. The van der Waals surface area contributed by atoms with Crippen molar-refractivity contribution in [2.75, 3.05) is 6.54 Å². The molecule has 1 amide bonds. The summed E-state index contributed by atoms with van der Waals surface area (Å²) in [4.78, 5) is 10.0. The number of rotatable bonds is 5. The van der Waals surface area contributed by atoms with Crippen LogP contribution < -0.4 is 5.32 Å². The predicted molar refractivity (Wildman–Crippen MR) is 56.3 cm³/mol. The van der Waals surface area contributed by atoms with Gasteiger partial charge in [0.1, 0.15) is 0 Å². The third kappa shape index (κ3) is 9.56. The number of amides is 1. The minimum absolute atomic E-state index is 0.549. The van der Waals surface area contributed by atoms with Gasteiger partial charge in [-0.15, -0.1) is 0 Å². The largest absolute Gasteiger partial charge is 0.465 e. The lowest BCUT2D eigenvalue weighted by Gasteiger charge is -1.98. The van der Waals surface area contributed by atoms with Crippen molar-refractivity contribution in [2.45, 2.75) is 25.7 Å². The highest BCUT2D eigenvalue weighted by Gasteiger charge is 1.92. The first-order valence-electron chi connectivity index (χ1n) is 3.82. The van der Waals surface area contributed by atoms with Crippen LogP contribution in [0.2, 0.25) is 0 Å². The van der Waals surface area contributed by atoms with E-state index in [1.165, 1.54) is 0 Å². The van der Waals surface area contributed by atoms with Crippen molar-refractivity contribution < 1.29 is 9.90 Å². The molecule has 2 N–H and O–H groups in total. The van der Waals surface area contributed by atoms with Crippen molar-refractivity contribution in [1.29, 1.82) is 0 Å². The number of carbonyl (C=O) groups is 1. The fraction of sp³-hybridized carbons (Fsp3) is 0.625. The van der Waals surface area contributed by atoms with Gasteiger partial charge in [0.25, 0.3) is 0 Å². The SMILES string of the molecule is O=C(O)NCCCCCC#CI. The summed E-state index contributed by atoms with van der Waals surface area (Å²) < 4.78 is 2.79. The summed E-state index contributed by atoms with van der Waals surface area (Å²) in [7, 11) is 0. The van der Waals surface area contributed by atoms with E-state index in [1.807, 2.05) is 22.6 Å². The van der Waals surface area contributed by atoms with E-state index in [4.69, 9.17) is 5.11 Å². The molecule has 0 aliphatic heterocycles. The van der Waals surface area contributed by atoms with Crippen LogP contribution in [0.15, 0.2) is 0 Å². The van der Waals surface area contributed by atoms with Crippen LogP contribution >= 0.6 is 22.6 Å². The number of carboxylic acid groups (broad SMARTS) is 1. The Kier molecular flexibility index (Phi) is 8.34. The molecule has 0 radical (unpaired) electrons. The van der Waals surface area contributed by atoms with E-state index in [1.54, 1.807) is 0 Å². The summed E-state index contributed by atoms with van der Waals surface area (Å²) in [6.07, 6.45) is 2.95. The Balaban J connectivity index is 2.99. The molecule has 0 atom stereocenters. The molecule has 0 aromatic carbocycles. The van der Waals surface area contributed by atoms with E-state index in [0.717, 1.165) is 25.7 Å². The van der Waals surface area contributed by atoms with Gasteiger partial charge in [0, 0.05) is 35.6 Å². The van der Waals surface area contributed by atoms with Crippen LogP contribution in [-0.2, 0) is 0 Å². The summed E-state index contributed by atoms with van der Waals surface area (Å²) in [6.45, 7) is 0.549. The van der Waals surface area contributed by atoms with Gasteiger partial charge < -0.3 is 10.4 Å². The van der Waals surface area contributed by atoms with Gasteiger partial charge in [-0.05, 0) is 16.8 Å². The van der Waals surface area contributed by atoms with Gasteiger partial charge in [-0.25, -0.2) is 4.79 Å². The van der Waals surface area contributed by atoms with Crippen LogP contribution in [-0.4, -0.2) is 17.7 Å². The van der Waals surface area contributed by atoms with Gasteiger partial charge in [-0.1, -0.05) is 12.3 Å². The second-order valence-electron chi connectivity index (χ2n) is 2.31. The summed E-state index contributed by atoms with van der Waals surface area (Å²) >= 11 is 2.01. The molecule has 12 heavy (non-hydrogen) atoms. The monoisotopic (exact) mass is 281 g/mol. The summed E-state index contributed by atoms with van der Waals surface area (Å²) in [5.74, 6) is 2.95. The smallest absolute Gasteiger partial charge is 0.404 e. The Morgan fingerprint density at radius 2 is 2.17 bits per heavy atom. The molecule has 0 saturated heterocycles. The fourth-order valence-electron chi connectivity index (χ4n) is 0.758. The van der Waals surface area contributed by atoms with Gasteiger partial charge in [-0.3, -0.25) is 0 Å². The Bertz CT molecular complexity index is 183. The highest BCUT2D eigenvalue weighted by Crippen LogP contribution is 1.97. The standard InChI is InChI=1S/C8H12INO2/c9-6-4-2-1-3-5-7-10-8(11)12/h10H,1-3,5,7H2,(H,11,12). The van der Waals surface area contributed by atoms with Gasteiger partial charge in [0.05, 0.1) is 0 Å². The first-order valence-corrected chi connectivity index (χ1v) is 4.90. The maximum atomic E-state index is 10.0. The average Bonchev–Trinajstić information content (AvgIpc) is 2.02. The first kappa shape index (κ1) is 11.6. The second kappa shape index (κ2) is 8.65. The van der Waals surface area contributed by atoms with E-state index < -0.39 is 6.09 Å². The fourth-order valence-corrected chi connectivity index (χ4v) is 1.03. The quantitative estimate of drug-likeness (QED) is 0.461. The van der Waals surface area contributed by atoms with Crippen molar-refractivity contribution >= 4 is 28.7 Å². The highest BCUT2D eigenvalue weighted by molar-refractivity contribution is 14.1. The molecule has 68 valence electrons. The second-order valence-corrected chi connectivity index (χ2v) is 2.85. The Morgan fingerprint density at radius 3 is 2.75 bits per heavy atom. The lowest BCUT2D eigenvalue weighted by atomic mass is 10.2. The molecule has 0 fully saturated rings. The number of hydrogen-bond acceptors (Lipinski definition) is 1. The molecule has 0 heterocycles. The molecule has 0 unspecified atom stereocenters. The highest BCUT2D eigenvalue weighted by atomic mass is 127. The van der Waals surface area contributed by atoms with Crippen LogP contribution in [0.3, 0.4) is 0 Å². The number of unbranched alkanes of at least 4 members (excludes halogenated alkanes) is 3. The topological polar surface area (TPSA) is 49.3 Å². The molecule has 0 bridgehead atoms. The lowest BCUT2D eigenvalue weighted by molar-refractivity contribution is 0.194. The number of nitrogens with one attached hydrogen (secondary N) is 1. The molecule has 0 aromatic heterocycles. The van der Waals surface area contributed by atoms with E-state index in [9.17, 15) is 4.79 Å². The van der Waals surface area contributed by atoms with Crippen LogP contribution in [0.1, 0.15) is 25.7 Å². The van der Waals surface area contributed by atoms with E-state index >= 15 is 0 Å². The Hall–Kier alpha value is -0.440. The lowest BCUT2D eigenvalue weighted by Crippen LogP contribution is -2.21. The molecule has 0 aliphatic carbocycles. The summed E-state index contributed by atoms with van der Waals surface area (Å²) in [5.41, 5.74) is 0. The molecule has 0 aliphatic rings. The van der Waals surface area contributed by atoms with Gasteiger partial charge in [0.15, 0.2) is 0 Å². The van der Waals surface area contributed by atoms with E-state index in [2.05, 4.69) is 15.2 Å². The van der Waals surface area contributed by atoms with Gasteiger partial charge in [0.2, 0.25) is 0 Å². The third-order valence-corrected chi connectivity index (χ3v) is 1.70. The normalized spacial score (nSPS) is 8.42. The zero-order valence-corrected chi connectivity index (χ0v) is 8.93. The van der Waals surface area contributed by atoms with Crippen molar-refractivity contribution in [1.82, 2.24) is 5.32 Å². The minimum Gasteiger partial charge on any atom is -0.465 e. The zero-order chi connectivity index (χ0) is 9.23. The third-order valence-electron chi connectivity index (χ3n) is 1.32. The van der Waals surface area contributed by atoms with E-state index in [0.29, 0.717) is 6.54 Å². The molecule has 0 rings (SSSR count). The van der Waals surface area contributed by atoms with Crippen LogP contribution in [0.25, 0.3) is 0 Å². The Morgan fingerprint density at radius 1 is 1.42 bits per heavy atom. The molecule has 0 saturated carbocycles. The van der Waals surface area contributed by atoms with E-state index in [-0.39, 0.29) is 0 Å². The average molecular weight is 281 g/mol. The van der Waals surface area contributed by atoms with Crippen molar-refractivity contribution in [3.63, 3.8) is 0 Å². The molecular weight excluding hydrogens is 269 g/mol. The summed E-state index contributed by atoms with van der Waals surface area (Å²) in [6, 6.07) is 0. The molecule has 3 nitrogen and oxygen atoms in total. The predicted octanol–water partition coefficient (Wildman–Crippen LogP) is 2.21. The van der Waals surface area contributed by atoms with Crippen LogP contribution in [0, 0.1) is 9.85 Å². The zero-order valence-electron chi connectivity index (χ0n) is 6.77. The van der Waals surface area contributed by atoms with Gasteiger partial charge >= 0.3 is 6.09 Å². The minimum atomic E-state index is -0.943. The molecule has 0 spiro atoms. The maximum Gasteiger partial charge on any atom is 0.404 e. The van der Waals surface area contributed by atoms with Crippen LogP contribution in [0.5, 0.6) is 0 Å². The van der Waals surface area contributed by atoms with Crippen LogP contribution in [0.4, 0.5) is 4.79 Å². The Labute approximate surface area is 86.1 Å². The van der Waals surface area contributed by atoms with Crippen molar-refractivity contribution in [3.8, 4) is 9.85 Å². The maximum absolute atomic E-state index is 10.0.